The first-order valence-corrected chi connectivity index (χ1v) is 6.11. The number of allylic oxidation sites excluding steroid dienone is 1. The van der Waals surface area contributed by atoms with Crippen molar-refractivity contribution in [2.45, 2.75) is 38.6 Å². The molecule has 0 saturated heterocycles. The molecule has 1 N–H and O–H groups in total. The van der Waals surface area contributed by atoms with Gasteiger partial charge in [0.1, 0.15) is 0 Å². The lowest BCUT2D eigenvalue weighted by Crippen LogP contribution is -2.29. The van der Waals surface area contributed by atoms with Gasteiger partial charge in [0.2, 0.25) is 0 Å². The van der Waals surface area contributed by atoms with Gasteiger partial charge in [0.25, 0.3) is 0 Å². The highest BCUT2D eigenvalue weighted by atomic mass is 15.3. The van der Waals surface area contributed by atoms with E-state index in [0.717, 1.165) is 13.0 Å². The highest BCUT2D eigenvalue weighted by Gasteiger charge is 2.45. The molecule has 88 valence electrons. The molecule has 1 fully saturated rings. The van der Waals surface area contributed by atoms with Crippen molar-refractivity contribution in [3.05, 3.63) is 29.6 Å². The molecule has 0 aliphatic heterocycles. The van der Waals surface area contributed by atoms with E-state index in [1.54, 1.807) is 0 Å². The maximum Gasteiger partial charge on any atom is 0.0672 e. The number of nitrogens with zero attached hydrogens (tertiary/aromatic N) is 2. The Bertz CT molecular complexity index is 386. The fourth-order valence-corrected chi connectivity index (χ4v) is 2.23. The molecule has 3 heteroatoms. The summed E-state index contributed by atoms with van der Waals surface area (Å²) in [5, 5.41) is 8.16. The Morgan fingerprint density at radius 3 is 2.88 bits per heavy atom. The van der Waals surface area contributed by atoms with E-state index in [1.807, 2.05) is 11.7 Å². The second-order valence-electron chi connectivity index (χ2n) is 4.55. The normalized spacial score (nSPS) is 18.2. The summed E-state index contributed by atoms with van der Waals surface area (Å²) in [5.41, 5.74) is 2.87. The summed E-state index contributed by atoms with van der Waals surface area (Å²) in [4.78, 5) is 0. The minimum absolute atomic E-state index is 0.221. The van der Waals surface area contributed by atoms with Crippen molar-refractivity contribution in [1.82, 2.24) is 15.1 Å². The fourth-order valence-electron chi connectivity index (χ4n) is 2.23. The predicted octanol–water partition coefficient (Wildman–Crippen LogP) is 2.14. The average Bonchev–Trinajstić information content (AvgIpc) is 2.96. The van der Waals surface area contributed by atoms with Gasteiger partial charge in [-0.1, -0.05) is 19.1 Å². The summed E-state index contributed by atoms with van der Waals surface area (Å²) < 4.78 is 1.94. The zero-order valence-electron chi connectivity index (χ0n) is 10.5. The van der Waals surface area contributed by atoms with E-state index in [0.29, 0.717) is 0 Å². The number of hydrogen-bond acceptors (Lipinski definition) is 2. The van der Waals surface area contributed by atoms with Crippen LogP contribution in [0.1, 0.15) is 37.9 Å². The Labute approximate surface area is 97.5 Å². The van der Waals surface area contributed by atoms with Crippen molar-refractivity contribution in [2.75, 3.05) is 6.54 Å². The molecule has 0 spiro atoms. The summed E-state index contributed by atoms with van der Waals surface area (Å²) in [6.45, 7) is 5.19. The SMILES string of the molecule is C/C=C/CNC1(c2cn(C)nc2CC)CC1. The number of aromatic nitrogens is 2. The van der Waals surface area contributed by atoms with Gasteiger partial charge in [0.15, 0.2) is 0 Å². The molecule has 1 heterocycles. The van der Waals surface area contributed by atoms with Gasteiger partial charge in [0.05, 0.1) is 5.69 Å². The number of rotatable bonds is 5. The van der Waals surface area contributed by atoms with Crippen molar-refractivity contribution >= 4 is 0 Å². The predicted molar refractivity (Wildman–Crippen MR) is 66.3 cm³/mol. The molecule has 1 aliphatic rings. The highest BCUT2D eigenvalue weighted by molar-refractivity contribution is 5.32. The van der Waals surface area contributed by atoms with E-state index in [2.05, 4.69) is 42.6 Å². The van der Waals surface area contributed by atoms with E-state index in [4.69, 9.17) is 0 Å². The summed E-state index contributed by atoms with van der Waals surface area (Å²) >= 11 is 0. The van der Waals surface area contributed by atoms with Crippen molar-refractivity contribution in [3.8, 4) is 0 Å². The quantitative estimate of drug-likeness (QED) is 0.769. The topological polar surface area (TPSA) is 29.9 Å². The molecule has 0 amide bonds. The standard InChI is InChI=1S/C13H21N3/c1-4-6-9-14-13(7-8-13)11-10-16(3)15-12(11)5-2/h4,6,10,14H,5,7-9H2,1-3H3/b6-4+. The maximum absolute atomic E-state index is 4.52. The van der Waals surface area contributed by atoms with Crippen LogP contribution in [-0.4, -0.2) is 16.3 Å². The first kappa shape index (κ1) is 11.4. The van der Waals surface area contributed by atoms with Crippen molar-refractivity contribution in [3.63, 3.8) is 0 Å². The molecule has 1 aromatic rings. The summed E-state index contributed by atoms with van der Waals surface area (Å²) in [6.07, 6.45) is 9.93. The van der Waals surface area contributed by atoms with Crippen molar-refractivity contribution < 1.29 is 0 Å². The van der Waals surface area contributed by atoms with Gasteiger partial charge < -0.3 is 5.32 Å². The molecule has 16 heavy (non-hydrogen) atoms. The molecule has 0 unspecified atom stereocenters. The van der Waals surface area contributed by atoms with Gasteiger partial charge in [-0.25, -0.2) is 0 Å². The van der Waals surface area contributed by atoms with Crippen LogP contribution in [0.4, 0.5) is 0 Å². The van der Waals surface area contributed by atoms with Crippen LogP contribution in [0.25, 0.3) is 0 Å². The Hall–Kier alpha value is -1.09. The second kappa shape index (κ2) is 4.42. The third-order valence-electron chi connectivity index (χ3n) is 3.30. The molecular formula is C13H21N3. The average molecular weight is 219 g/mol. The van der Waals surface area contributed by atoms with Gasteiger partial charge in [-0.15, -0.1) is 0 Å². The lowest BCUT2D eigenvalue weighted by Gasteiger charge is -2.15. The van der Waals surface area contributed by atoms with E-state index < -0.39 is 0 Å². The molecule has 1 aliphatic carbocycles. The van der Waals surface area contributed by atoms with E-state index in [1.165, 1.54) is 24.1 Å². The van der Waals surface area contributed by atoms with Crippen LogP contribution in [0, 0.1) is 0 Å². The number of hydrogen-bond donors (Lipinski definition) is 1. The van der Waals surface area contributed by atoms with Crippen molar-refractivity contribution in [1.29, 1.82) is 0 Å². The molecule has 1 aromatic heterocycles. The Balaban J connectivity index is 2.15. The van der Waals surface area contributed by atoms with Gasteiger partial charge in [0, 0.05) is 30.9 Å². The van der Waals surface area contributed by atoms with Crippen LogP contribution in [-0.2, 0) is 19.0 Å². The van der Waals surface area contributed by atoms with Crippen LogP contribution in [0.5, 0.6) is 0 Å². The first-order chi connectivity index (χ1) is 7.72. The molecule has 0 aromatic carbocycles. The number of nitrogens with one attached hydrogen (secondary N) is 1. The Morgan fingerprint density at radius 2 is 2.31 bits per heavy atom. The first-order valence-electron chi connectivity index (χ1n) is 6.11. The van der Waals surface area contributed by atoms with Gasteiger partial charge >= 0.3 is 0 Å². The molecule has 0 radical (unpaired) electrons. The van der Waals surface area contributed by atoms with Crippen LogP contribution in [0.3, 0.4) is 0 Å². The third-order valence-corrected chi connectivity index (χ3v) is 3.30. The minimum atomic E-state index is 0.221. The van der Waals surface area contributed by atoms with E-state index in [9.17, 15) is 0 Å². The van der Waals surface area contributed by atoms with Gasteiger partial charge in [-0.2, -0.15) is 5.10 Å². The van der Waals surface area contributed by atoms with Crippen LogP contribution in [0.2, 0.25) is 0 Å². The highest BCUT2D eigenvalue weighted by Crippen LogP contribution is 2.46. The van der Waals surface area contributed by atoms with Crippen LogP contribution in [0.15, 0.2) is 18.3 Å². The van der Waals surface area contributed by atoms with E-state index in [-0.39, 0.29) is 5.54 Å². The number of aryl methyl sites for hydroxylation is 2. The van der Waals surface area contributed by atoms with Crippen LogP contribution >= 0.6 is 0 Å². The molecular weight excluding hydrogens is 198 g/mol. The lowest BCUT2D eigenvalue weighted by atomic mass is 10.0. The molecule has 3 nitrogen and oxygen atoms in total. The second-order valence-corrected chi connectivity index (χ2v) is 4.55. The van der Waals surface area contributed by atoms with E-state index >= 15 is 0 Å². The summed E-state index contributed by atoms with van der Waals surface area (Å²) in [5.74, 6) is 0. The molecule has 0 atom stereocenters. The smallest absolute Gasteiger partial charge is 0.0672 e. The minimum Gasteiger partial charge on any atom is -0.304 e. The largest absolute Gasteiger partial charge is 0.304 e. The maximum atomic E-state index is 4.52. The molecule has 2 rings (SSSR count). The van der Waals surface area contributed by atoms with Gasteiger partial charge in [-0.3, -0.25) is 4.68 Å². The monoisotopic (exact) mass is 219 g/mol. The van der Waals surface area contributed by atoms with Gasteiger partial charge in [-0.05, 0) is 26.2 Å². The zero-order valence-corrected chi connectivity index (χ0v) is 10.5. The zero-order chi connectivity index (χ0) is 11.6. The Morgan fingerprint density at radius 1 is 1.56 bits per heavy atom. The summed E-state index contributed by atoms with van der Waals surface area (Å²) in [7, 11) is 2.00. The third kappa shape index (κ3) is 2.05. The Kier molecular flexibility index (Phi) is 3.15. The summed E-state index contributed by atoms with van der Waals surface area (Å²) in [6, 6.07) is 0. The van der Waals surface area contributed by atoms with Crippen molar-refractivity contribution in [2.24, 2.45) is 7.05 Å². The molecule has 0 bridgehead atoms. The lowest BCUT2D eigenvalue weighted by molar-refractivity contribution is 0.550. The molecule has 1 saturated carbocycles. The fraction of sp³-hybridized carbons (Fsp3) is 0.615. The van der Waals surface area contributed by atoms with Crippen LogP contribution < -0.4 is 5.32 Å².